The van der Waals surface area contributed by atoms with Crippen LogP contribution in [-0.2, 0) is 21.1 Å². The first-order chi connectivity index (χ1) is 10.0. The van der Waals surface area contributed by atoms with Crippen LogP contribution in [0.1, 0.15) is 77.6 Å². The molecular weight excluding hydrogens is 400 g/mol. The van der Waals surface area contributed by atoms with E-state index in [0.717, 1.165) is 13.0 Å². The third kappa shape index (κ3) is 36.9. The molecule has 0 aliphatic carbocycles. The number of aliphatic hydroxyl groups excluding tert-OH is 2. The number of hydrogen-bond donors (Lipinski definition) is 4. The molecule has 0 aromatic rings. The van der Waals surface area contributed by atoms with Gasteiger partial charge in [0.15, 0.2) is 0 Å². The van der Waals surface area contributed by atoms with E-state index in [2.05, 4.69) is 42.4 Å². The van der Waals surface area contributed by atoms with Gasteiger partial charge in [-0.2, -0.15) is 0 Å². The van der Waals surface area contributed by atoms with Gasteiger partial charge < -0.3 is 21.3 Å². The van der Waals surface area contributed by atoms with Crippen molar-refractivity contribution in [3.63, 3.8) is 0 Å². The summed E-state index contributed by atoms with van der Waals surface area (Å²) in [5, 5.41) is 18.5. The van der Waals surface area contributed by atoms with Gasteiger partial charge in [0, 0.05) is 27.6 Å². The molecule has 5 N–H and O–H groups in total. The molecule has 22 heavy (non-hydrogen) atoms. The van der Waals surface area contributed by atoms with E-state index in [1.54, 1.807) is 0 Å². The van der Waals surface area contributed by atoms with Crippen LogP contribution in [0, 0.1) is 0 Å². The summed E-state index contributed by atoms with van der Waals surface area (Å²) in [5.41, 5.74) is 4.40. The smallest absolute Gasteiger partial charge is 0.254 e. The number of hydrogen-bond acceptors (Lipinski definition) is 2. The van der Waals surface area contributed by atoms with Crippen LogP contribution >= 0.6 is 24.4 Å². The Morgan fingerprint density at radius 2 is 1.14 bits per heavy atom. The largest absolute Gasteiger partial charge is 0.487 e. The molecule has 0 saturated heterocycles. The Kier molecular flexibility index (Phi) is 28.6. The number of aliphatic hydroxyl groups is 2. The average molecular weight is 433 g/mol. The average Bonchev–Trinajstić information content (AvgIpc) is 2.39. The van der Waals surface area contributed by atoms with Crippen LogP contribution in [0.3, 0.4) is 0 Å². The third-order valence-electron chi connectivity index (χ3n) is 3.06. The van der Waals surface area contributed by atoms with E-state index < -0.39 is 5.17 Å². The Hall–Kier alpha value is 0.0683. The minimum Gasteiger partial charge on any atom is -0.487 e. The van der Waals surface area contributed by atoms with Gasteiger partial charge in [-0.3, -0.25) is 0 Å². The normalized spacial score (nSPS) is 9.14. The van der Waals surface area contributed by atoms with E-state index in [1.165, 1.54) is 64.2 Å². The van der Waals surface area contributed by atoms with Gasteiger partial charge in [-0.15, -0.1) is 0 Å². The SMILES string of the molecule is CCCCCCCCCCCCCNC(O)=S.NC(O)=S.[Mo]. The van der Waals surface area contributed by atoms with E-state index >= 15 is 0 Å². The summed E-state index contributed by atoms with van der Waals surface area (Å²) in [7, 11) is 0. The summed E-state index contributed by atoms with van der Waals surface area (Å²) in [5.74, 6) is 0. The van der Waals surface area contributed by atoms with Gasteiger partial charge in [-0.25, -0.2) is 0 Å². The zero-order chi connectivity index (χ0) is 16.3. The second kappa shape index (κ2) is 23.3. The second-order valence-electron chi connectivity index (χ2n) is 5.11. The molecule has 0 aromatic carbocycles. The Balaban J connectivity index is -0.000000640. The van der Waals surface area contributed by atoms with E-state index in [9.17, 15) is 0 Å². The molecule has 4 nitrogen and oxygen atoms in total. The molecule has 0 bridgehead atoms. The minimum absolute atomic E-state index is 0. The fourth-order valence-corrected chi connectivity index (χ4v) is 2.09. The molecule has 0 radical (unpaired) electrons. The zero-order valence-electron chi connectivity index (χ0n) is 13.7. The van der Waals surface area contributed by atoms with Crippen LogP contribution in [-0.4, -0.2) is 27.1 Å². The van der Waals surface area contributed by atoms with Gasteiger partial charge in [-0.1, -0.05) is 71.1 Å². The van der Waals surface area contributed by atoms with Gasteiger partial charge in [0.2, 0.25) is 0 Å². The first kappa shape index (κ1) is 26.9. The summed E-state index contributed by atoms with van der Waals surface area (Å²) >= 11 is 8.39. The van der Waals surface area contributed by atoms with E-state index in [4.69, 9.17) is 10.2 Å². The molecule has 0 rings (SSSR count). The van der Waals surface area contributed by atoms with Crippen molar-refractivity contribution in [3.05, 3.63) is 0 Å². The molecule has 0 saturated carbocycles. The molecule has 0 spiro atoms. The molecule has 132 valence electrons. The van der Waals surface area contributed by atoms with Crippen molar-refractivity contribution >= 4 is 34.8 Å². The first-order valence-corrected chi connectivity index (χ1v) is 8.77. The van der Waals surface area contributed by atoms with Crippen LogP contribution < -0.4 is 11.1 Å². The van der Waals surface area contributed by atoms with Gasteiger partial charge >= 0.3 is 0 Å². The van der Waals surface area contributed by atoms with Gasteiger partial charge in [0.25, 0.3) is 10.3 Å². The number of thiocarbonyl (C=S) groups is 2. The van der Waals surface area contributed by atoms with Crippen molar-refractivity contribution in [2.24, 2.45) is 5.73 Å². The third-order valence-corrected chi connectivity index (χ3v) is 3.20. The summed E-state index contributed by atoms with van der Waals surface area (Å²) in [6.07, 6.45) is 14.8. The van der Waals surface area contributed by atoms with E-state index in [-0.39, 0.29) is 26.2 Å². The Labute approximate surface area is 160 Å². The molecule has 0 amide bonds. The topological polar surface area (TPSA) is 78.5 Å². The van der Waals surface area contributed by atoms with E-state index in [0.29, 0.717) is 0 Å². The molecule has 0 atom stereocenters. The van der Waals surface area contributed by atoms with Crippen LogP contribution in [0.2, 0.25) is 0 Å². The van der Waals surface area contributed by atoms with Crippen LogP contribution in [0.5, 0.6) is 0 Å². The Morgan fingerprint density at radius 3 is 1.45 bits per heavy atom. The molecule has 0 aliphatic rings. The number of unbranched alkanes of at least 4 members (excludes halogenated alkanes) is 10. The fourth-order valence-electron chi connectivity index (χ4n) is 1.98. The molecule has 7 heteroatoms. The maximum atomic E-state index is 8.73. The quantitative estimate of drug-likeness (QED) is 0.206. The number of nitrogens with one attached hydrogen (secondary N) is 1. The predicted molar refractivity (Wildman–Crippen MR) is 99.1 cm³/mol. The van der Waals surface area contributed by atoms with Gasteiger partial charge in [0.05, 0.1) is 0 Å². The van der Waals surface area contributed by atoms with Gasteiger partial charge in [0.1, 0.15) is 0 Å². The summed E-state index contributed by atoms with van der Waals surface area (Å²) in [6, 6.07) is 0. The molecule has 0 unspecified atom stereocenters. The number of rotatable bonds is 12. The zero-order valence-corrected chi connectivity index (χ0v) is 17.3. The molecule has 0 aromatic heterocycles. The maximum absolute atomic E-state index is 8.73. The van der Waals surface area contributed by atoms with Gasteiger partial charge in [-0.05, 0) is 30.9 Å². The summed E-state index contributed by atoms with van der Waals surface area (Å²) < 4.78 is 0. The van der Waals surface area contributed by atoms with Crippen LogP contribution in [0.25, 0.3) is 0 Å². The molecule has 0 heterocycles. The fraction of sp³-hybridized carbons (Fsp3) is 0.867. The van der Waals surface area contributed by atoms with Crippen molar-refractivity contribution < 1.29 is 31.3 Å². The van der Waals surface area contributed by atoms with Crippen LogP contribution in [0.4, 0.5) is 0 Å². The van der Waals surface area contributed by atoms with Crippen molar-refractivity contribution in [1.29, 1.82) is 0 Å². The maximum Gasteiger partial charge on any atom is 0.254 e. The Morgan fingerprint density at radius 1 is 0.818 bits per heavy atom. The van der Waals surface area contributed by atoms with Crippen molar-refractivity contribution in [3.8, 4) is 0 Å². The van der Waals surface area contributed by atoms with E-state index in [1.807, 2.05) is 0 Å². The monoisotopic (exact) mass is 434 g/mol. The summed E-state index contributed by atoms with van der Waals surface area (Å²) in [6.45, 7) is 3.07. The second-order valence-corrected chi connectivity index (χ2v) is 5.91. The standard InChI is InChI=1S/C14H29NOS.CH3NOS.Mo/c1-2-3-4-5-6-7-8-9-10-11-12-13-15-14(16)17;2-1(3)4;/h2-13H2,1H3,(H2,15,16,17);(H3,2,3,4);. The Bertz CT molecular complexity index is 254. The molecule has 0 aliphatic heterocycles. The molecule has 0 fully saturated rings. The predicted octanol–water partition coefficient (Wildman–Crippen LogP) is 4.52. The van der Waals surface area contributed by atoms with Crippen molar-refractivity contribution in [2.75, 3.05) is 6.54 Å². The van der Waals surface area contributed by atoms with Crippen LogP contribution in [0.15, 0.2) is 0 Å². The first-order valence-electron chi connectivity index (χ1n) is 7.95. The number of nitrogens with two attached hydrogens (primary N) is 1. The minimum atomic E-state index is -0.500. The molecular formula is C15H32MoN2O2S2. The van der Waals surface area contributed by atoms with Crippen molar-refractivity contribution in [2.45, 2.75) is 77.6 Å². The summed E-state index contributed by atoms with van der Waals surface area (Å²) in [4.78, 5) is 0. The van der Waals surface area contributed by atoms with Crippen molar-refractivity contribution in [1.82, 2.24) is 5.32 Å².